The maximum atomic E-state index is 6.64. The summed E-state index contributed by atoms with van der Waals surface area (Å²) < 4.78 is 13.1. The average Bonchev–Trinajstić information content (AvgIpc) is 3.41. The molecule has 37 heavy (non-hydrogen) atoms. The van der Waals surface area contributed by atoms with E-state index in [1.165, 1.54) is 0 Å². The van der Waals surface area contributed by atoms with E-state index in [0.717, 1.165) is 34.0 Å². The van der Waals surface area contributed by atoms with E-state index in [4.69, 9.17) is 33.3 Å². The van der Waals surface area contributed by atoms with E-state index in [-0.39, 0.29) is 12.1 Å². The van der Waals surface area contributed by atoms with Gasteiger partial charge in [0.2, 0.25) is 0 Å². The van der Waals surface area contributed by atoms with Crippen LogP contribution in [0.4, 0.5) is 5.69 Å². The van der Waals surface area contributed by atoms with Gasteiger partial charge in [-0.25, -0.2) is 0 Å². The number of hydrogen-bond acceptors (Lipinski definition) is 5. The van der Waals surface area contributed by atoms with Crippen LogP contribution in [-0.4, -0.2) is 40.0 Å². The monoisotopic (exact) mass is 533 g/mol. The van der Waals surface area contributed by atoms with Gasteiger partial charge in [0.1, 0.15) is 12.4 Å². The smallest absolute Gasteiger partial charge is 0.174 e. The van der Waals surface area contributed by atoms with Crippen LogP contribution in [0.2, 0.25) is 5.02 Å². The van der Waals surface area contributed by atoms with Crippen molar-refractivity contribution in [3.8, 4) is 11.4 Å². The van der Waals surface area contributed by atoms with E-state index >= 15 is 0 Å². The van der Waals surface area contributed by atoms with Crippen LogP contribution in [0.1, 0.15) is 34.7 Å². The molecule has 9 heteroatoms. The van der Waals surface area contributed by atoms with Crippen LogP contribution in [-0.2, 0) is 4.74 Å². The van der Waals surface area contributed by atoms with Crippen molar-refractivity contribution in [2.45, 2.75) is 25.9 Å². The fraction of sp³-hybridized carbons (Fsp3) is 0.250. The first-order valence-corrected chi connectivity index (χ1v) is 12.8. The van der Waals surface area contributed by atoms with Crippen molar-refractivity contribution in [2.75, 3.05) is 25.2 Å². The quantitative estimate of drug-likeness (QED) is 0.229. The number of benzene rings is 1. The van der Waals surface area contributed by atoms with Crippen molar-refractivity contribution < 1.29 is 9.47 Å². The molecule has 190 valence electrons. The second-order valence-electron chi connectivity index (χ2n) is 8.83. The Balaban J connectivity index is 1.60. The molecule has 7 nitrogen and oxygen atoms in total. The highest BCUT2D eigenvalue weighted by atomic mass is 35.5. The third-order valence-electron chi connectivity index (χ3n) is 6.53. The van der Waals surface area contributed by atoms with E-state index in [1.54, 1.807) is 13.3 Å². The van der Waals surface area contributed by atoms with Gasteiger partial charge in [0, 0.05) is 36.6 Å². The number of halogens is 1. The van der Waals surface area contributed by atoms with Gasteiger partial charge in [0.05, 0.1) is 41.3 Å². The number of ether oxygens (including phenoxy) is 2. The molecule has 4 aromatic rings. The first-order valence-electron chi connectivity index (χ1n) is 12.0. The number of pyridine rings is 2. The van der Waals surface area contributed by atoms with E-state index in [1.807, 2.05) is 54.9 Å². The van der Waals surface area contributed by atoms with Crippen molar-refractivity contribution in [3.63, 3.8) is 0 Å². The zero-order chi connectivity index (χ0) is 25.9. The number of methoxy groups -OCH3 is 1. The molecular formula is C28H28ClN5O2S. The summed E-state index contributed by atoms with van der Waals surface area (Å²) in [6.45, 7) is 5.14. The molecule has 0 unspecified atom stereocenters. The molecule has 0 saturated carbocycles. The maximum absolute atomic E-state index is 6.64. The van der Waals surface area contributed by atoms with Gasteiger partial charge >= 0.3 is 0 Å². The molecule has 1 aromatic carbocycles. The van der Waals surface area contributed by atoms with E-state index in [0.29, 0.717) is 29.1 Å². The molecule has 1 aliphatic heterocycles. The molecule has 1 fully saturated rings. The lowest BCUT2D eigenvalue weighted by atomic mass is 9.96. The summed E-state index contributed by atoms with van der Waals surface area (Å²) in [6, 6.07) is 17.6. The van der Waals surface area contributed by atoms with Gasteiger partial charge in [-0.05, 0) is 80.2 Å². The van der Waals surface area contributed by atoms with Crippen molar-refractivity contribution >= 4 is 34.6 Å². The van der Waals surface area contributed by atoms with Crippen LogP contribution in [0.15, 0.2) is 73.2 Å². The second-order valence-corrected chi connectivity index (χ2v) is 9.62. The van der Waals surface area contributed by atoms with Gasteiger partial charge in [0.25, 0.3) is 0 Å². The third-order valence-corrected chi connectivity index (χ3v) is 7.14. The summed E-state index contributed by atoms with van der Waals surface area (Å²) in [6.07, 6.45) is 5.46. The molecule has 1 saturated heterocycles. The molecule has 5 rings (SSSR count). The average molecular weight is 534 g/mol. The van der Waals surface area contributed by atoms with Crippen LogP contribution < -0.4 is 15.0 Å². The Hall–Kier alpha value is -3.46. The number of hydrogen-bond donors (Lipinski definition) is 1. The van der Waals surface area contributed by atoms with Gasteiger partial charge in [0.15, 0.2) is 5.11 Å². The molecule has 4 heterocycles. The number of rotatable bonds is 8. The predicted octanol–water partition coefficient (Wildman–Crippen LogP) is 5.74. The topological polar surface area (TPSA) is 64.4 Å². The fourth-order valence-electron chi connectivity index (χ4n) is 4.91. The summed E-state index contributed by atoms with van der Waals surface area (Å²) in [5, 5.41) is 4.64. The highest BCUT2D eigenvalue weighted by molar-refractivity contribution is 7.80. The Labute approximate surface area is 227 Å². The van der Waals surface area contributed by atoms with E-state index < -0.39 is 0 Å². The van der Waals surface area contributed by atoms with Crippen LogP contribution in [0.25, 0.3) is 5.69 Å². The largest absolute Gasteiger partial charge is 0.490 e. The first-order chi connectivity index (χ1) is 18.0. The molecule has 0 radical (unpaired) electrons. The molecular weight excluding hydrogens is 506 g/mol. The lowest BCUT2D eigenvalue weighted by Gasteiger charge is -2.28. The minimum Gasteiger partial charge on any atom is -0.490 e. The lowest BCUT2D eigenvalue weighted by Crippen LogP contribution is -2.29. The first kappa shape index (κ1) is 25.2. The van der Waals surface area contributed by atoms with Crippen molar-refractivity contribution in [3.05, 3.63) is 101 Å². The number of aromatic nitrogens is 3. The summed E-state index contributed by atoms with van der Waals surface area (Å²) in [7, 11) is 1.64. The van der Waals surface area contributed by atoms with Crippen LogP contribution in [0, 0.1) is 13.8 Å². The Bertz CT molecular complexity index is 1400. The van der Waals surface area contributed by atoms with Crippen LogP contribution in [0.5, 0.6) is 5.75 Å². The molecule has 1 aliphatic rings. The Morgan fingerprint density at radius 3 is 2.59 bits per heavy atom. The van der Waals surface area contributed by atoms with Gasteiger partial charge in [-0.15, -0.1) is 0 Å². The summed E-state index contributed by atoms with van der Waals surface area (Å²) in [5.41, 5.74) is 6.15. The van der Waals surface area contributed by atoms with E-state index in [2.05, 4.69) is 50.7 Å². The third kappa shape index (κ3) is 4.92. The van der Waals surface area contributed by atoms with Gasteiger partial charge in [-0.1, -0.05) is 17.7 Å². The number of thiocarbonyl (C=S) groups is 1. The molecule has 0 spiro atoms. The number of nitrogens with one attached hydrogen (secondary N) is 1. The summed E-state index contributed by atoms with van der Waals surface area (Å²) >= 11 is 12.5. The highest BCUT2D eigenvalue weighted by Crippen LogP contribution is 2.44. The van der Waals surface area contributed by atoms with Gasteiger partial charge in [-0.3, -0.25) is 9.97 Å². The SMILES string of the molecule is COCCOc1ccc(N2C(=S)N[C@H](c3ccccn3)[C@H]2c2cc(C)n(-c3cccnc3)c2C)cc1Cl. The molecule has 1 N–H and O–H groups in total. The van der Waals surface area contributed by atoms with E-state index in [9.17, 15) is 0 Å². The fourth-order valence-corrected chi connectivity index (χ4v) is 5.49. The maximum Gasteiger partial charge on any atom is 0.174 e. The molecule has 0 bridgehead atoms. The van der Waals surface area contributed by atoms with Crippen molar-refractivity contribution in [1.82, 2.24) is 19.9 Å². The van der Waals surface area contributed by atoms with Gasteiger partial charge < -0.3 is 24.3 Å². The van der Waals surface area contributed by atoms with Crippen LogP contribution >= 0.6 is 23.8 Å². The zero-order valence-corrected chi connectivity index (χ0v) is 22.5. The molecule has 0 aliphatic carbocycles. The number of anilines is 1. The Morgan fingerprint density at radius 1 is 1.03 bits per heavy atom. The summed E-state index contributed by atoms with van der Waals surface area (Å²) in [5.74, 6) is 0.605. The highest BCUT2D eigenvalue weighted by Gasteiger charge is 2.42. The zero-order valence-electron chi connectivity index (χ0n) is 20.9. The predicted molar refractivity (Wildman–Crippen MR) is 150 cm³/mol. The normalized spacial score (nSPS) is 17.2. The number of aryl methyl sites for hydroxylation is 1. The molecule has 0 amide bonds. The van der Waals surface area contributed by atoms with Crippen molar-refractivity contribution in [1.29, 1.82) is 0 Å². The Morgan fingerprint density at radius 2 is 1.89 bits per heavy atom. The minimum atomic E-state index is -0.159. The Kier molecular flexibility index (Phi) is 7.41. The second kappa shape index (κ2) is 10.9. The standard InChI is InChI=1S/C28H28ClN5O2S/c1-18-15-22(19(2)33(18)21-7-6-11-30-17-21)27-26(24-8-4-5-12-31-24)32-28(37)34(27)20-9-10-25(23(29)16-20)36-14-13-35-3/h4-12,15-17,26-27H,13-14H2,1-3H3,(H,32,37)/t26-,27-/m1/s1. The van der Waals surface area contributed by atoms with Gasteiger partial charge in [-0.2, -0.15) is 0 Å². The molecule has 2 atom stereocenters. The van der Waals surface area contributed by atoms with Crippen LogP contribution in [0.3, 0.4) is 0 Å². The minimum absolute atomic E-state index is 0.157. The van der Waals surface area contributed by atoms with Crippen molar-refractivity contribution in [2.24, 2.45) is 0 Å². The number of nitrogens with zero attached hydrogens (tertiary/aromatic N) is 4. The lowest BCUT2D eigenvalue weighted by molar-refractivity contribution is 0.146. The molecule has 3 aromatic heterocycles. The summed E-state index contributed by atoms with van der Waals surface area (Å²) in [4.78, 5) is 11.1.